The van der Waals surface area contributed by atoms with Crippen molar-refractivity contribution in [2.24, 2.45) is 0 Å². The zero-order valence-electron chi connectivity index (χ0n) is 10.4. The molecule has 0 saturated carbocycles. The van der Waals surface area contributed by atoms with Crippen LogP contribution in [0.15, 0.2) is 24.5 Å². The topological polar surface area (TPSA) is 42.0 Å². The van der Waals surface area contributed by atoms with Crippen molar-refractivity contribution in [3.63, 3.8) is 0 Å². The second-order valence-corrected chi connectivity index (χ2v) is 2.14. The van der Waals surface area contributed by atoms with Gasteiger partial charge < -0.3 is 5.32 Å². The quantitative estimate of drug-likeness (QED) is 0.812. The van der Waals surface area contributed by atoms with Crippen LogP contribution in [-0.2, 0) is 4.79 Å². The van der Waals surface area contributed by atoms with E-state index in [0.717, 1.165) is 5.69 Å². The Morgan fingerprint density at radius 1 is 1.33 bits per heavy atom. The highest BCUT2D eigenvalue weighted by Gasteiger charge is 1.95. The largest absolute Gasteiger partial charge is 0.325 e. The minimum atomic E-state index is 0.0120. The maximum atomic E-state index is 10.8. The third kappa shape index (κ3) is 8.94. The van der Waals surface area contributed by atoms with Gasteiger partial charge >= 0.3 is 0 Å². The van der Waals surface area contributed by atoms with Gasteiger partial charge in [-0.3, -0.25) is 9.78 Å². The van der Waals surface area contributed by atoms with Gasteiger partial charge in [-0.25, -0.2) is 0 Å². The summed E-state index contributed by atoms with van der Waals surface area (Å²) in [7, 11) is 0. The molecule has 0 aliphatic heterocycles. The highest BCUT2D eigenvalue weighted by molar-refractivity contribution is 5.90. The lowest BCUT2D eigenvalue weighted by Gasteiger charge is -2.00. The number of pyridine rings is 1. The first-order valence-electron chi connectivity index (χ1n) is 5.53. The van der Waals surface area contributed by atoms with Gasteiger partial charge in [0.1, 0.15) is 0 Å². The number of amides is 1. The molecule has 1 rings (SSSR count). The van der Waals surface area contributed by atoms with E-state index < -0.39 is 0 Å². The fourth-order valence-corrected chi connectivity index (χ4v) is 0.686. The number of hydrogen-bond acceptors (Lipinski definition) is 2. The van der Waals surface area contributed by atoms with Gasteiger partial charge in [-0.15, -0.1) is 0 Å². The first kappa shape index (κ1) is 16.1. The fourth-order valence-electron chi connectivity index (χ4n) is 0.686. The Balaban J connectivity index is 0. The van der Waals surface area contributed by atoms with Gasteiger partial charge in [0, 0.05) is 12.6 Å². The molecule has 15 heavy (non-hydrogen) atoms. The number of carbonyl (C=O) groups is 1. The summed E-state index contributed by atoms with van der Waals surface area (Å²) in [5.41, 5.74) is 0.749. The summed E-state index contributed by atoms with van der Waals surface area (Å²) in [5.74, 6) is 0.0120. The molecule has 0 fully saturated rings. The molecule has 0 bridgehead atoms. The monoisotopic (exact) mass is 210 g/mol. The summed E-state index contributed by atoms with van der Waals surface area (Å²) in [6, 6.07) is 3.59. The van der Waals surface area contributed by atoms with Crippen LogP contribution in [0.4, 0.5) is 5.69 Å². The summed E-state index contributed by atoms with van der Waals surface area (Å²) >= 11 is 0. The third-order valence-corrected chi connectivity index (χ3v) is 1.27. The first-order chi connectivity index (χ1) is 7.33. The predicted molar refractivity (Wildman–Crippen MR) is 65.9 cm³/mol. The van der Waals surface area contributed by atoms with Crippen molar-refractivity contribution in [1.82, 2.24) is 4.98 Å². The Hall–Kier alpha value is -1.38. The van der Waals surface area contributed by atoms with E-state index in [0.29, 0.717) is 6.42 Å². The van der Waals surface area contributed by atoms with Crippen molar-refractivity contribution in [2.45, 2.75) is 41.0 Å². The SMILES string of the molecule is CC.CC.CCC(=O)Nc1cccnc1. The molecule has 1 aromatic heterocycles. The molecule has 0 unspecified atom stereocenters. The van der Waals surface area contributed by atoms with Crippen LogP contribution in [0.2, 0.25) is 0 Å². The fraction of sp³-hybridized carbons (Fsp3) is 0.500. The number of aromatic nitrogens is 1. The Bertz CT molecular complexity index is 235. The van der Waals surface area contributed by atoms with Crippen LogP contribution in [0, 0.1) is 0 Å². The van der Waals surface area contributed by atoms with Gasteiger partial charge in [0.2, 0.25) is 5.91 Å². The van der Waals surface area contributed by atoms with Crippen molar-refractivity contribution in [3.05, 3.63) is 24.5 Å². The lowest BCUT2D eigenvalue weighted by molar-refractivity contribution is -0.115. The average molecular weight is 210 g/mol. The molecular formula is C12H22N2O. The Labute approximate surface area is 92.9 Å². The van der Waals surface area contributed by atoms with E-state index in [9.17, 15) is 4.79 Å². The van der Waals surface area contributed by atoms with Crippen LogP contribution < -0.4 is 5.32 Å². The summed E-state index contributed by atoms with van der Waals surface area (Å²) in [6.45, 7) is 9.81. The maximum Gasteiger partial charge on any atom is 0.224 e. The van der Waals surface area contributed by atoms with E-state index in [4.69, 9.17) is 0 Å². The van der Waals surface area contributed by atoms with Crippen LogP contribution in [0.5, 0.6) is 0 Å². The predicted octanol–water partition coefficient (Wildman–Crippen LogP) is 3.48. The van der Waals surface area contributed by atoms with E-state index in [2.05, 4.69) is 10.3 Å². The lowest BCUT2D eigenvalue weighted by Crippen LogP contribution is -2.09. The molecule has 1 aromatic rings. The smallest absolute Gasteiger partial charge is 0.224 e. The molecule has 1 N–H and O–H groups in total. The van der Waals surface area contributed by atoms with E-state index >= 15 is 0 Å². The van der Waals surface area contributed by atoms with Crippen LogP contribution in [0.25, 0.3) is 0 Å². The zero-order valence-corrected chi connectivity index (χ0v) is 10.4. The molecule has 0 spiro atoms. The summed E-state index contributed by atoms with van der Waals surface area (Å²) in [5, 5.41) is 2.69. The molecule has 0 aliphatic rings. The van der Waals surface area contributed by atoms with Crippen LogP contribution in [0.1, 0.15) is 41.0 Å². The normalized spacial score (nSPS) is 7.53. The second kappa shape index (κ2) is 12.6. The van der Waals surface area contributed by atoms with Crippen molar-refractivity contribution in [2.75, 3.05) is 5.32 Å². The van der Waals surface area contributed by atoms with E-state index in [1.165, 1.54) is 0 Å². The number of hydrogen-bond donors (Lipinski definition) is 1. The molecule has 0 radical (unpaired) electrons. The highest BCUT2D eigenvalue weighted by atomic mass is 16.1. The average Bonchev–Trinajstić information content (AvgIpc) is 2.35. The van der Waals surface area contributed by atoms with Crippen molar-refractivity contribution in [3.8, 4) is 0 Å². The Morgan fingerprint density at radius 2 is 1.93 bits per heavy atom. The number of rotatable bonds is 2. The summed E-state index contributed by atoms with van der Waals surface area (Å²) < 4.78 is 0. The molecule has 0 aliphatic carbocycles. The molecule has 3 heteroatoms. The summed E-state index contributed by atoms with van der Waals surface area (Å²) in [4.78, 5) is 14.7. The van der Waals surface area contributed by atoms with Crippen LogP contribution >= 0.6 is 0 Å². The first-order valence-corrected chi connectivity index (χ1v) is 5.53. The van der Waals surface area contributed by atoms with Gasteiger partial charge in [-0.2, -0.15) is 0 Å². The molecule has 86 valence electrons. The molecule has 1 heterocycles. The Morgan fingerprint density at radius 3 is 2.33 bits per heavy atom. The van der Waals surface area contributed by atoms with Gasteiger partial charge in [0.15, 0.2) is 0 Å². The van der Waals surface area contributed by atoms with Gasteiger partial charge in [-0.1, -0.05) is 34.6 Å². The molecule has 0 atom stereocenters. The number of anilines is 1. The van der Waals surface area contributed by atoms with Crippen molar-refractivity contribution >= 4 is 11.6 Å². The van der Waals surface area contributed by atoms with Crippen molar-refractivity contribution < 1.29 is 4.79 Å². The second-order valence-electron chi connectivity index (χ2n) is 2.14. The van der Waals surface area contributed by atoms with Gasteiger partial charge in [0.05, 0.1) is 11.9 Å². The van der Waals surface area contributed by atoms with Crippen LogP contribution in [-0.4, -0.2) is 10.9 Å². The third-order valence-electron chi connectivity index (χ3n) is 1.27. The number of carbonyl (C=O) groups excluding carboxylic acids is 1. The molecular weight excluding hydrogens is 188 g/mol. The molecule has 0 aromatic carbocycles. The van der Waals surface area contributed by atoms with E-state index in [1.54, 1.807) is 24.5 Å². The molecule has 0 saturated heterocycles. The van der Waals surface area contributed by atoms with Crippen molar-refractivity contribution in [1.29, 1.82) is 0 Å². The zero-order chi connectivity index (χ0) is 12.1. The Kier molecular flexibility index (Phi) is 13.5. The molecule has 3 nitrogen and oxygen atoms in total. The van der Waals surface area contributed by atoms with Gasteiger partial charge in [-0.05, 0) is 12.1 Å². The lowest BCUT2D eigenvalue weighted by atomic mass is 10.4. The number of nitrogens with one attached hydrogen (secondary N) is 1. The maximum absolute atomic E-state index is 10.8. The minimum absolute atomic E-state index is 0.0120. The number of nitrogens with zero attached hydrogens (tertiary/aromatic N) is 1. The highest BCUT2D eigenvalue weighted by Crippen LogP contribution is 2.02. The van der Waals surface area contributed by atoms with Gasteiger partial charge in [0.25, 0.3) is 0 Å². The van der Waals surface area contributed by atoms with E-state index in [1.807, 2.05) is 34.6 Å². The minimum Gasteiger partial charge on any atom is -0.325 e. The summed E-state index contributed by atoms with van der Waals surface area (Å²) in [6.07, 6.45) is 3.78. The molecule has 1 amide bonds. The van der Waals surface area contributed by atoms with E-state index in [-0.39, 0.29) is 5.91 Å². The van der Waals surface area contributed by atoms with Crippen LogP contribution in [0.3, 0.4) is 0 Å². The standard InChI is InChI=1S/C8H10N2O.2C2H6/c1-2-8(11)10-7-4-3-5-9-6-7;2*1-2/h3-6H,2H2,1H3,(H,10,11);2*1-2H3.